The van der Waals surface area contributed by atoms with Crippen LogP contribution in [-0.2, 0) is 18.9 Å². The fourth-order valence-corrected chi connectivity index (χ4v) is 4.31. The Bertz CT molecular complexity index is 930. The average molecular weight is 411 g/mol. The molecule has 0 bridgehead atoms. The lowest BCUT2D eigenvalue weighted by Gasteiger charge is -2.49. The zero-order valence-electron chi connectivity index (χ0n) is 16.2. The Morgan fingerprint density at radius 2 is 1.60 bits per heavy atom. The normalized spacial score (nSPS) is 33.3. The van der Waals surface area contributed by atoms with Gasteiger partial charge in [0.05, 0.1) is 17.7 Å². The van der Waals surface area contributed by atoms with Crippen LogP contribution < -0.4 is 0 Å². The summed E-state index contributed by atoms with van der Waals surface area (Å²) in [4.78, 5) is 27.0. The number of amides is 2. The number of aliphatic hydroxyl groups is 1. The van der Waals surface area contributed by atoms with Gasteiger partial charge in [-0.3, -0.25) is 14.5 Å². The first-order valence-electron chi connectivity index (χ1n) is 9.75. The number of nitrogens with zero attached hydrogens (tertiary/aromatic N) is 1. The van der Waals surface area contributed by atoms with Crippen LogP contribution in [-0.4, -0.2) is 66.2 Å². The van der Waals surface area contributed by atoms with Gasteiger partial charge >= 0.3 is 0 Å². The molecule has 0 spiro atoms. The highest BCUT2D eigenvalue weighted by Crippen LogP contribution is 2.38. The molecule has 8 heteroatoms. The van der Waals surface area contributed by atoms with E-state index in [4.69, 9.17) is 18.9 Å². The molecule has 3 aliphatic heterocycles. The summed E-state index contributed by atoms with van der Waals surface area (Å²) in [5.41, 5.74) is 1.39. The fraction of sp³-hybridized carbons (Fsp3) is 0.364. The van der Waals surface area contributed by atoms with E-state index in [1.54, 1.807) is 24.3 Å². The van der Waals surface area contributed by atoms with E-state index in [-0.39, 0.29) is 6.61 Å². The number of hydrogen-bond donors (Lipinski definition) is 1. The molecule has 2 saturated heterocycles. The molecule has 5 rings (SSSR count). The van der Waals surface area contributed by atoms with Crippen LogP contribution in [0.1, 0.15) is 32.6 Å². The second kappa shape index (κ2) is 7.57. The average Bonchev–Trinajstić information content (AvgIpc) is 3.04. The Morgan fingerprint density at radius 1 is 0.967 bits per heavy atom. The third-order valence-corrected chi connectivity index (χ3v) is 5.76. The molecule has 0 aromatic heterocycles. The molecule has 30 heavy (non-hydrogen) atoms. The van der Waals surface area contributed by atoms with E-state index in [2.05, 4.69) is 0 Å². The van der Waals surface area contributed by atoms with Gasteiger partial charge in [-0.2, -0.15) is 0 Å². The Balaban J connectivity index is 1.45. The molecule has 2 fully saturated rings. The maximum Gasteiger partial charge on any atom is 0.262 e. The van der Waals surface area contributed by atoms with Gasteiger partial charge < -0.3 is 24.1 Å². The molecule has 156 valence electrons. The number of rotatable bonds is 3. The van der Waals surface area contributed by atoms with Gasteiger partial charge in [0.1, 0.15) is 24.4 Å². The summed E-state index contributed by atoms with van der Waals surface area (Å²) in [6.07, 6.45) is -4.32. The van der Waals surface area contributed by atoms with Gasteiger partial charge in [-0.15, -0.1) is 0 Å². The Hall–Kier alpha value is -2.62. The van der Waals surface area contributed by atoms with Gasteiger partial charge in [-0.05, 0) is 12.1 Å². The number of benzene rings is 2. The first kappa shape index (κ1) is 19.3. The summed E-state index contributed by atoms with van der Waals surface area (Å²) in [5, 5.41) is 11.2. The van der Waals surface area contributed by atoms with E-state index in [0.29, 0.717) is 11.1 Å². The number of carbonyl (C=O) groups is 2. The summed E-state index contributed by atoms with van der Waals surface area (Å²) in [5.74, 6) is -0.981. The number of fused-ring (bicyclic) bond motifs is 2. The lowest BCUT2D eigenvalue weighted by molar-refractivity contribution is -0.346. The van der Waals surface area contributed by atoms with Gasteiger partial charge in [-0.1, -0.05) is 42.5 Å². The molecule has 1 unspecified atom stereocenters. The first-order chi connectivity index (χ1) is 14.6. The second-order valence-corrected chi connectivity index (χ2v) is 7.46. The standard InChI is InChI=1S/C22H21NO7/c1-27-22-16(23-19(25)13-9-5-6-10-14(13)20(23)26)17(24)18-15(29-22)11-28-21(30-18)12-7-3-2-4-8-12/h2-10,15-18,21-22,24H,11H2,1H3/t15-,16-,17-,18-,21?,22-/m1/s1. The van der Waals surface area contributed by atoms with Crippen molar-refractivity contribution in [3.8, 4) is 0 Å². The van der Waals surface area contributed by atoms with Crippen molar-refractivity contribution in [2.45, 2.75) is 36.9 Å². The summed E-state index contributed by atoms with van der Waals surface area (Å²) >= 11 is 0. The predicted molar refractivity (Wildman–Crippen MR) is 102 cm³/mol. The molecule has 2 amide bonds. The molecular weight excluding hydrogens is 390 g/mol. The van der Waals surface area contributed by atoms with Crippen LogP contribution in [0.25, 0.3) is 0 Å². The van der Waals surface area contributed by atoms with E-state index < -0.39 is 48.7 Å². The fourth-order valence-electron chi connectivity index (χ4n) is 4.31. The largest absolute Gasteiger partial charge is 0.388 e. The molecule has 3 aliphatic rings. The molecule has 2 aromatic carbocycles. The number of hydrogen-bond acceptors (Lipinski definition) is 7. The minimum absolute atomic E-state index is 0.177. The summed E-state index contributed by atoms with van der Waals surface area (Å²) in [6.45, 7) is 0.177. The molecule has 2 aromatic rings. The zero-order chi connectivity index (χ0) is 20.8. The summed E-state index contributed by atoms with van der Waals surface area (Å²) in [7, 11) is 1.40. The van der Waals surface area contributed by atoms with E-state index in [9.17, 15) is 14.7 Å². The number of methoxy groups -OCH3 is 1. The van der Waals surface area contributed by atoms with Crippen molar-refractivity contribution >= 4 is 11.8 Å². The van der Waals surface area contributed by atoms with Crippen LogP contribution >= 0.6 is 0 Å². The van der Waals surface area contributed by atoms with Gasteiger partial charge in [0, 0.05) is 12.7 Å². The van der Waals surface area contributed by atoms with Crippen LogP contribution in [0, 0.1) is 0 Å². The van der Waals surface area contributed by atoms with Crippen molar-refractivity contribution < 1.29 is 33.6 Å². The SMILES string of the molecule is CO[C@@H]1O[C@@H]2COC(c3ccccc3)O[C@H]2[C@H](O)[C@H]1N1C(=O)c2ccccc2C1=O. The molecule has 0 radical (unpaired) electrons. The minimum atomic E-state index is -1.22. The van der Waals surface area contributed by atoms with Crippen LogP contribution in [0.5, 0.6) is 0 Å². The van der Waals surface area contributed by atoms with Crippen molar-refractivity contribution in [3.63, 3.8) is 0 Å². The van der Waals surface area contributed by atoms with Gasteiger partial charge in [0.15, 0.2) is 12.6 Å². The highest BCUT2D eigenvalue weighted by atomic mass is 16.7. The van der Waals surface area contributed by atoms with Crippen molar-refractivity contribution in [2.75, 3.05) is 13.7 Å². The van der Waals surface area contributed by atoms with Crippen LogP contribution in [0.3, 0.4) is 0 Å². The van der Waals surface area contributed by atoms with Crippen LogP contribution in [0.4, 0.5) is 0 Å². The molecule has 3 heterocycles. The van der Waals surface area contributed by atoms with Crippen molar-refractivity contribution in [3.05, 3.63) is 71.3 Å². The molecule has 8 nitrogen and oxygen atoms in total. The van der Waals surface area contributed by atoms with E-state index in [1.807, 2.05) is 30.3 Å². The Kier molecular flexibility index (Phi) is 4.88. The van der Waals surface area contributed by atoms with Gasteiger partial charge in [0.2, 0.25) is 0 Å². The highest BCUT2D eigenvalue weighted by Gasteiger charge is 2.55. The quantitative estimate of drug-likeness (QED) is 0.765. The second-order valence-electron chi connectivity index (χ2n) is 7.46. The number of imide groups is 1. The third kappa shape index (κ3) is 2.96. The maximum atomic E-state index is 13.0. The van der Waals surface area contributed by atoms with E-state index in [1.165, 1.54) is 7.11 Å². The lowest BCUT2D eigenvalue weighted by Crippen LogP contribution is -2.67. The smallest absolute Gasteiger partial charge is 0.262 e. The summed E-state index contributed by atoms with van der Waals surface area (Å²) < 4.78 is 23.1. The summed E-state index contributed by atoms with van der Waals surface area (Å²) in [6, 6.07) is 14.8. The molecule has 6 atom stereocenters. The maximum absolute atomic E-state index is 13.0. The van der Waals surface area contributed by atoms with Crippen LogP contribution in [0.15, 0.2) is 54.6 Å². The van der Waals surface area contributed by atoms with E-state index in [0.717, 1.165) is 10.5 Å². The van der Waals surface area contributed by atoms with Crippen molar-refractivity contribution in [2.24, 2.45) is 0 Å². The Morgan fingerprint density at radius 3 is 2.23 bits per heavy atom. The zero-order valence-corrected chi connectivity index (χ0v) is 16.2. The molecule has 1 N–H and O–H groups in total. The highest BCUT2D eigenvalue weighted by molar-refractivity contribution is 6.21. The number of aliphatic hydroxyl groups excluding tert-OH is 1. The monoisotopic (exact) mass is 411 g/mol. The first-order valence-corrected chi connectivity index (χ1v) is 9.75. The van der Waals surface area contributed by atoms with Crippen molar-refractivity contribution in [1.29, 1.82) is 0 Å². The van der Waals surface area contributed by atoms with E-state index >= 15 is 0 Å². The van der Waals surface area contributed by atoms with Gasteiger partial charge in [-0.25, -0.2) is 0 Å². The minimum Gasteiger partial charge on any atom is -0.388 e. The lowest BCUT2D eigenvalue weighted by atomic mass is 9.94. The number of ether oxygens (including phenoxy) is 4. The van der Waals surface area contributed by atoms with Gasteiger partial charge in [0.25, 0.3) is 11.8 Å². The van der Waals surface area contributed by atoms with Crippen molar-refractivity contribution in [1.82, 2.24) is 4.90 Å². The van der Waals surface area contributed by atoms with Crippen LogP contribution in [0.2, 0.25) is 0 Å². The number of carbonyl (C=O) groups excluding carboxylic acids is 2. The topological polar surface area (TPSA) is 94.5 Å². The third-order valence-electron chi connectivity index (χ3n) is 5.76. The Labute approximate surface area is 172 Å². The molecule has 0 saturated carbocycles. The predicted octanol–water partition coefficient (Wildman–Crippen LogP) is 1.50. The molecule has 0 aliphatic carbocycles. The molecular formula is C22H21NO7.